The molecule has 92 valence electrons. The van der Waals surface area contributed by atoms with Gasteiger partial charge in [-0.1, -0.05) is 0 Å². The van der Waals surface area contributed by atoms with Gasteiger partial charge in [-0.2, -0.15) is 0 Å². The van der Waals surface area contributed by atoms with Crippen molar-refractivity contribution in [3.05, 3.63) is 0 Å². The predicted octanol–water partition coefficient (Wildman–Crippen LogP) is 0.622. The molecule has 0 aromatic heterocycles. The van der Waals surface area contributed by atoms with Crippen molar-refractivity contribution in [3.8, 4) is 0 Å². The Morgan fingerprint density at radius 3 is 2.88 bits per heavy atom. The van der Waals surface area contributed by atoms with E-state index in [0.717, 1.165) is 26.1 Å². The van der Waals surface area contributed by atoms with Gasteiger partial charge in [0.2, 0.25) is 5.91 Å². The molecule has 0 aromatic rings. The lowest BCUT2D eigenvalue weighted by Crippen LogP contribution is -2.42. The highest BCUT2D eigenvalue weighted by Gasteiger charge is 2.33. The number of likely N-dealkylation sites (N-methyl/N-ethyl adjacent to an activating group) is 1. The van der Waals surface area contributed by atoms with Crippen molar-refractivity contribution in [1.29, 1.82) is 0 Å². The quantitative estimate of drug-likeness (QED) is 0.767. The molecule has 4 nitrogen and oxygen atoms in total. The molecule has 2 heterocycles. The summed E-state index contributed by atoms with van der Waals surface area (Å²) < 4.78 is 5.44. The van der Waals surface area contributed by atoms with E-state index in [0.29, 0.717) is 6.04 Å². The van der Waals surface area contributed by atoms with Crippen molar-refractivity contribution in [2.24, 2.45) is 5.92 Å². The molecule has 2 aliphatic rings. The SMILES string of the molecule is CC1OCCC1C(=O)N(C)CC1CCCN1. The van der Waals surface area contributed by atoms with Crippen LogP contribution < -0.4 is 5.32 Å². The lowest BCUT2D eigenvalue weighted by atomic mass is 10.0. The van der Waals surface area contributed by atoms with Crippen LogP contribution in [0.1, 0.15) is 26.2 Å². The van der Waals surface area contributed by atoms with Crippen LogP contribution in [0.3, 0.4) is 0 Å². The maximum Gasteiger partial charge on any atom is 0.228 e. The molecule has 4 heteroatoms. The highest BCUT2D eigenvalue weighted by atomic mass is 16.5. The Labute approximate surface area is 97.3 Å². The van der Waals surface area contributed by atoms with E-state index in [1.165, 1.54) is 12.8 Å². The van der Waals surface area contributed by atoms with Crippen LogP contribution in [0.2, 0.25) is 0 Å². The van der Waals surface area contributed by atoms with E-state index in [4.69, 9.17) is 4.74 Å². The molecule has 2 fully saturated rings. The van der Waals surface area contributed by atoms with Gasteiger partial charge in [0.25, 0.3) is 0 Å². The molecule has 0 radical (unpaired) electrons. The van der Waals surface area contributed by atoms with Crippen molar-refractivity contribution in [2.75, 3.05) is 26.7 Å². The Bertz CT molecular complexity index is 251. The summed E-state index contributed by atoms with van der Waals surface area (Å²) in [5.74, 6) is 0.324. The number of nitrogens with zero attached hydrogens (tertiary/aromatic N) is 1. The molecule has 2 rings (SSSR count). The van der Waals surface area contributed by atoms with Crippen LogP contribution in [0.5, 0.6) is 0 Å². The van der Waals surface area contributed by atoms with Gasteiger partial charge in [0.15, 0.2) is 0 Å². The van der Waals surface area contributed by atoms with Gasteiger partial charge in [0.1, 0.15) is 0 Å². The predicted molar refractivity (Wildman–Crippen MR) is 62.2 cm³/mol. The molecule has 0 saturated carbocycles. The number of ether oxygens (including phenoxy) is 1. The Morgan fingerprint density at radius 2 is 2.31 bits per heavy atom. The van der Waals surface area contributed by atoms with Gasteiger partial charge in [0.05, 0.1) is 12.0 Å². The number of nitrogens with one attached hydrogen (secondary N) is 1. The third kappa shape index (κ3) is 2.55. The van der Waals surface area contributed by atoms with E-state index < -0.39 is 0 Å². The number of amides is 1. The zero-order chi connectivity index (χ0) is 11.5. The molecule has 0 aliphatic carbocycles. The van der Waals surface area contributed by atoms with E-state index in [9.17, 15) is 4.79 Å². The van der Waals surface area contributed by atoms with Crippen molar-refractivity contribution < 1.29 is 9.53 Å². The van der Waals surface area contributed by atoms with Crippen LogP contribution in [0.4, 0.5) is 0 Å². The average molecular weight is 226 g/mol. The van der Waals surface area contributed by atoms with Crippen LogP contribution in [0.25, 0.3) is 0 Å². The lowest BCUT2D eigenvalue weighted by molar-refractivity contribution is -0.135. The Kier molecular flexibility index (Phi) is 3.82. The molecular weight excluding hydrogens is 204 g/mol. The first kappa shape index (κ1) is 11.9. The first-order valence-electron chi connectivity index (χ1n) is 6.28. The van der Waals surface area contributed by atoms with Crippen molar-refractivity contribution in [3.63, 3.8) is 0 Å². The maximum absolute atomic E-state index is 12.2. The smallest absolute Gasteiger partial charge is 0.228 e. The number of rotatable bonds is 3. The molecule has 0 bridgehead atoms. The molecular formula is C12H22N2O2. The van der Waals surface area contributed by atoms with E-state index in [2.05, 4.69) is 5.32 Å². The molecule has 1 amide bonds. The molecule has 2 aliphatic heterocycles. The van der Waals surface area contributed by atoms with Crippen LogP contribution in [0, 0.1) is 5.92 Å². The van der Waals surface area contributed by atoms with E-state index in [-0.39, 0.29) is 17.9 Å². The van der Waals surface area contributed by atoms with Crippen LogP contribution >= 0.6 is 0 Å². The van der Waals surface area contributed by atoms with Crippen LogP contribution in [-0.4, -0.2) is 49.7 Å². The first-order chi connectivity index (χ1) is 7.68. The molecule has 3 unspecified atom stereocenters. The summed E-state index contributed by atoms with van der Waals surface area (Å²) in [6, 6.07) is 0.492. The zero-order valence-corrected chi connectivity index (χ0v) is 10.2. The van der Waals surface area contributed by atoms with Crippen molar-refractivity contribution in [1.82, 2.24) is 10.2 Å². The van der Waals surface area contributed by atoms with Gasteiger partial charge in [-0.15, -0.1) is 0 Å². The van der Waals surface area contributed by atoms with Crippen LogP contribution in [0.15, 0.2) is 0 Å². The fourth-order valence-electron chi connectivity index (χ4n) is 2.67. The average Bonchev–Trinajstić information content (AvgIpc) is 2.88. The van der Waals surface area contributed by atoms with E-state index >= 15 is 0 Å². The molecule has 0 aromatic carbocycles. The van der Waals surface area contributed by atoms with Gasteiger partial charge < -0.3 is 15.0 Å². The number of hydrogen-bond acceptors (Lipinski definition) is 3. The highest BCUT2D eigenvalue weighted by Crippen LogP contribution is 2.22. The minimum absolute atomic E-state index is 0.0754. The topological polar surface area (TPSA) is 41.6 Å². The zero-order valence-electron chi connectivity index (χ0n) is 10.2. The van der Waals surface area contributed by atoms with E-state index in [1.807, 2.05) is 18.9 Å². The fraction of sp³-hybridized carbons (Fsp3) is 0.917. The fourth-order valence-corrected chi connectivity index (χ4v) is 2.67. The van der Waals surface area contributed by atoms with Crippen molar-refractivity contribution >= 4 is 5.91 Å². The summed E-state index contributed by atoms with van der Waals surface area (Å²) in [6.07, 6.45) is 3.39. The summed E-state index contributed by atoms with van der Waals surface area (Å²) in [5, 5.41) is 3.42. The van der Waals surface area contributed by atoms with Gasteiger partial charge in [-0.25, -0.2) is 0 Å². The Hall–Kier alpha value is -0.610. The molecule has 2 saturated heterocycles. The van der Waals surface area contributed by atoms with Gasteiger partial charge in [-0.05, 0) is 32.7 Å². The molecule has 16 heavy (non-hydrogen) atoms. The lowest BCUT2D eigenvalue weighted by Gasteiger charge is -2.25. The van der Waals surface area contributed by atoms with Crippen LogP contribution in [-0.2, 0) is 9.53 Å². The second kappa shape index (κ2) is 5.15. The second-order valence-corrected chi connectivity index (χ2v) is 4.98. The Balaban J connectivity index is 1.83. The number of carbonyl (C=O) groups is 1. The van der Waals surface area contributed by atoms with Crippen molar-refractivity contribution in [2.45, 2.75) is 38.3 Å². The number of carbonyl (C=O) groups excluding carboxylic acids is 1. The largest absolute Gasteiger partial charge is 0.378 e. The summed E-state index contributed by atoms with van der Waals surface area (Å²) in [5.41, 5.74) is 0. The molecule has 0 spiro atoms. The molecule has 3 atom stereocenters. The first-order valence-corrected chi connectivity index (χ1v) is 6.28. The second-order valence-electron chi connectivity index (χ2n) is 4.98. The summed E-state index contributed by atoms with van der Waals surface area (Å²) in [4.78, 5) is 14.0. The minimum Gasteiger partial charge on any atom is -0.378 e. The van der Waals surface area contributed by atoms with Gasteiger partial charge >= 0.3 is 0 Å². The normalized spacial score (nSPS) is 34.2. The van der Waals surface area contributed by atoms with Gasteiger partial charge in [0, 0.05) is 26.2 Å². The van der Waals surface area contributed by atoms with E-state index in [1.54, 1.807) is 0 Å². The highest BCUT2D eigenvalue weighted by molar-refractivity contribution is 5.79. The third-order valence-electron chi connectivity index (χ3n) is 3.73. The maximum atomic E-state index is 12.2. The summed E-state index contributed by atoms with van der Waals surface area (Å²) in [6.45, 7) is 4.65. The minimum atomic E-state index is 0.0754. The third-order valence-corrected chi connectivity index (χ3v) is 3.73. The molecule has 1 N–H and O–H groups in total. The summed E-state index contributed by atoms with van der Waals surface area (Å²) >= 11 is 0. The number of hydrogen-bond donors (Lipinski definition) is 1. The monoisotopic (exact) mass is 226 g/mol. The summed E-state index contributed by atoms with van der Waals surface area (Å²) in [7, 11) is 1.91. The standard InChI is InChI=1S/C12H22N2O2/c1-9-11(5-7-16-9)12(15)14(2)8-10-4-3-6-13-10/h9-11,13H,3-8H2,1-2H3. The van der Waals surface area contributed by atoms with Gasteiger partial charge in [-0.3, -0.25) is 4.79 Å². The Morgan fingerprint density at radius 1 is 1.50 bits per heavy atom.